The van der Waals surface area contributed by atoms with E-state index >= 15 is 0 Å². The molecule has 0 spiro atoms. The predicted octanol–water partition coefficient (Wildman–Crippen LogP) is 3.54. The van der Waals surface area contributed by atoms with Crippen LogP contribution in [0, 0.1) is 12.8 Å². The number of nitrogens with zero attached hydrogens (tertiary/aromatic N) is 1. The Labute approximate surface area is 185 Å². The molecule has 1 saturated heterocycles. The van der Waals surface area contributed by atoms with Gasteiger partial charge in [-0.3, -0.25) is 4.79 Å². The zero-order valence-corrected chi connectivity index (χ0v) is 19.3. The van der Waals surface area contributed by atoms with Crippen LogP contribution in [-0.2, 0) is 21.2 Å². The lowest BCUT2D eigenvalue weighted by atomic mass is 9.98. The molecule has 1 N–H and O–H groups in total. The van der Waals surface area contributed by atoms with Gasteiger partial charge in [0.15, 0.2) is 0 Å². The highest BCUT2D eigenvalue weighted by molar-refractivity contribution is 7.89. The fourth-order valence-electron chi connectivity index (χ4n) is 3.96. The molecule has 2 aromatic rings. The van der Waals surface area contributed by atoms with Gasteiger partial charge in [0.2, 0.25) is 15.9 Å². The standard InChI is InChI=1S/C24H32N2O4S/c1-18-11-14-22(30-3)23(16-18)31(28,29)26-15-7-10-21(17-26)24(27)25-19(2)12-13-20-8-5-4-6-9-20/h4-6,8-9,11,14,16,19,21H,7,10,12-13,15,17H2,1-3H3,(H,25,27)/t19-,21+/m1/s1. The lowest BCUT2D eigenvalue weighted by molar-refractivity contribution is -0.126. The number of ether oxygens (including phenoxy) is 1. The van der Waals surface area contributed by atoms with Crippen LogP contribution in [0.3, 0.4) is 0 Å². The number of rotatable bonds is 8. The molecule has 0 unspecified atom stereocenters. The van der Waals surface area contributed by atoms with Gasteiger partial charge in [-0.2, -0.15) is 4.31 Å². The topological polar surface area (TPSA) is 75.7 Å². The van der Waals surface area contributed by atoms with E-state index in [2.05, 4.69) is 17.4 Å². The van der Waals surface area contributed by atoms with Gasteiger partial charge in [0, 0.05) is 19.1 Å². The van der Waals surface area contributed by atoms with Gasteiger partial charge >= 0.3 is 0 Å². The Balaban J connectivity index is 1.63. The molecule has 2 atom stereocenters. The second-order valence-corrected chi connectivity index (χ2v) is 10.2. The number of piperidine rings is 1. The van der Waals surface area contributed by atoms with Crippen molar-refractivity contribution in [1.29, 1.82) is 0 Å². The van der Waals surface area contributed by atoms with E-state index in [1.54, 1.807) is 12.1 Å². The number of sulfonamides is 1. The molecule has 168 valence electrons. The third kappa shape index (κ3) is 5.86. The molecule has 1 fully saturated rings. The predicted molar refractivity (Wildman–Crippen MR) is 122 cm³/mol. The fourth-order valence-corrected chi connectivity index (χ4v) is 5.72. The maximum absolute atomic E-state index is 13.3. The van der Waals surface area contributed by atoms with Gasteiger partial charge in [-0.05, 0) is 62.8 Å². The summed E-state index contributed by atoms with van der Waals surface area (Å²) in [5.74, 6) is -0.0955. The van der Waals surface area contributed by atoms with Crippen LogP contribution in [-0.4, -0.2) is 44.9 Å². The smallest absolute Gasteiger partial charge is 0.246 e. The van der Waals surface area contributed by atoms with Crippen LogP contribution in [0.25, 0.3) is 0 Å². The number of aryl methyl sites for hydroxylation is 2. The summed E-state index contributed by atoms with van der Waals surface area (Å²) in [4.78, 5) is 13.0. The maximum Gasteiger partial charge on any atom is 0.246 e. The van der Waals surface area contributed by atoms with Gasteiger partial charge in [0.1, 0.15) is 10.6 Å². The van der Waals surface area contributed by atoms with Crippen molar-refractivity contribution in [3.05, 3.63) is 59.7 Å². The second-order valence-electron chi connectivity index (χ2n) is 8.29. The van der Waals surface area contributed by atoms with E-state index in [9.17, 15) is 13.2 Å². The van der Waals surface area contributed by atoms with Crippen molar-refractivity contribution < 1.29 is 17.9 Å². The summed E-state index contributed by atoms with van der Waals surface area (Å²) in [5, 5.41) is 3.08. The molecule has 6 nitrogen and oxygen atoms in total. The largest absolute Gasteiger partial charge is 0.495 e. The first-order valence-electron chi connectivity index (χ1n) is 10.8. The number of hydrogen-bond donors (Lipinski definition) is 1. The van der Waals surface area contributed by atoms with Crippen LogP contribution in [0.5, 0.6) is 5.75 Å². The Morgan fingerprint density at radius 1 is 1.23 bits per heavy atom. The molecule has 0 bridgehead atoms. The highest BCUT2D eigenvalue weighted by Crippen LogP contribution is 2.30. The number of methoxy groups -OCH3 is 1. The minimum Gasteiger partial charge on any atom is -0.495 e. The SMILES string of the molecule is COc1ccc(C)cc1S(=O)(=O)N1CCC[C@H](C(=O)N[C@H](C)CCc2ccccc2)C1. The zero-order chi connectivity index (χ0) is 22.4. The van der Waals surface area contributed by atoms with Crippen molar-refractivity contribution in [1.82, 2.24) is 9.62 Å². The number of benzene rings is 2. The summed E-state index contributed by atoms with van der Waals surface area (Å²) in [7, 11) is -2.27. The third-order valence-corrected chi connectivity index (χ3v) is 7.68. The van der Waals surface area contributed by atoms with Gasteiger partial charge in [-0.1, -0.05) is 36.4 Å². The average Bonchev–Trinajstić information content (AvgIpc) is 2.78. The molecule has 1 amide bonds. The normalized spacial score (nSPS) is 18.4. The maximum atomic E-state index is 13.3. The first-order chi connectivity index (χ1) is 14.8. The molecule has 0 aliphatic carbocycles. The van der Waals surface area contributed by atoms with Crippen LogP contribution in [0.15, 0.2) is 53.4 Å². The molecule has 1 aliphatic heterocycles. The number of nitrogens with one attached hydrogen (secondary N) is 1. The summed E-state index contributed by atoms with van der Waals surface area (Å²) < 4.78 is 33.3. The Bertz CT molecular complexity index is 992. The molecule has 2 aromatic carbocycles. The quantitative estimate of drug-likeness (QED) is 0.676. The highest BCUT2D eigenvalue weighted by atomic mass is 32.2. The first kappa shape index (κ1) is 23.3. The lowest BCUT2D eigenvalue weighted by Crippen LogP contribution is -2.47. The van der Waals surface area contributed by atoms with Crippen LogP contribution >= 0.6 is 0 Å². The highest BCUT2D eigenvalue weighted by Gasteiger charge is 2.35. The molecule has 1 heterocycles. The molecule has 0 radical (unpaired) electrons. The van der Waals surface area contributed by atoms with E-state index in [-0.39, 0.29) is 29.3 Å². The van der Waals surface area contributed by atoms with Crippen molar-refractivity contribution in [2.45, 2.75) is 50.5 Å². The Morgan fingerprint density at radius 3 is 2.68 bits per heavy atom. The van der Waals surface area contributed by atoms with Crippen molar-refractivity contribution in [2.75, 3.05) is 20.2 Å². The average molecular weight is 445 g/mol. The van der Waals surface area contributed by atoms with E-state index in [0.29, 0.717) is 25.1 Å². The van der Waals surface area contributed by atoms with E-state index in [1.165, 1.54) is 17.0 Å². The molecular formula is C24H32N2O4S. The van der Waals surface area contributed by atoms with Gasteiger partial charge in [0.25, 0.3) is 0 Å². The number of amides is 1. The van der Waals surface area contributed by atoms with Gasteiger partial charge in [0.05, 0.1) is 13.0 Å². The summed E-state index contributed by atoms with van der Waals surface area (Å²) in [6.45, 7) is 4.45. The third-order valence-electron chi connectivity index (χ3n) is 5.79. The van der Waals surface area contributed by atoms with Gasteiger partial charge in [-0.25, -0.2) is 8.42 Å². The molecule has 3 rings (SSSR count). The molecular weight excluding hydrogens is 412 g/mol. The van der Waals surface area contributed by atoms with E-state index in [4.69, 9.17) is 4.74 Å². The number of hydrogen-bond acceptors (Lipinski definition) is 4. The van der Waals surface area contributed by atoms with Gasteiger partial charge in [-0.15, -0.1) is 0 Å². The van der Waals surface area contributed by atoms with E-state index < -0.39 is 10.0 Å². The molecule has 7 heteroatoms. The lowest BCUT2D eigenvalue weighted by Gasteiger charge is -2.32. The number of carbonyl (C=O) groups excluding carboxylic acids is 1. The summed E-state index contributed by atoms with van der Waals surface area (Å²) in [5.41, 5.74) is 2.09. The fraction of sp³-hybridized carbons (Fsp3) is 0.458. The molecule has 0 aromatic heterocycles. The van der Waals surface area contributed by atoms with Crippen molar-refractivity contribution in [3.8, 4) is 5.75 Å². The Kier molecular flexibility index (Phi) is 7.73. The van der Waals surface area contributed by atoms with Crippen molar-refractivity contribution in [2.24, 2.45) is 5.92 Å². The van der Waals surface area contributed by atoms with E-state index in [1.807, 2.05) is 38.1 Å². The first-order valence-corrected chi connectivity index (χ1v) is 12.2. The summed E-state index contributed by atoms with van der Waals surface area (Å²) in [6.07, 6.45) is 3.07. The zero-order valence-electron chi connectivity index (χ0n) is 18.5. The minimum atomic E-state index is -3.74. The van der Waals surface area contributed by atoms with Crippen LogP contribution in [0.2, 0.25) is 0 Å². The minimum absolute atomic E-state index is 0.0246. The Morgan fingerprint density at radius 2 is 1.97 bits per heavy atom. The van der Waals surface area contributed by atoms with Crippen LogP contribution in [0.4, 0.5) is 0 Å². The van der Waals surface area contributed by atoms with Crippen molar-refractivity contribution in [3.63, 3.8) is 0 Å². The van der Waals surface area contributed by atoms with Crippen LogP contribution < -0.4 is 10.1 Å². The Hall–Kier alpha value is -2.38. The van der Waals surface area contributed by atoms with E-state index in [0.717, 1.165) is 18.4 Å². The van der Waals surface area contributed by atoms with Crippen LogP contribution in [0.1, 0.15) is 37.3 Å². The van der Waals surface area contributed by atoms with Crippen molar-refractivity contribution >= 4 is 15.9 Å². The summed E-state index contributed by atoms with van der Waals surface area (Å²) in [6, 6.07) is 15.3. The molecule has 1 aliphatic rings. The second kappa shape index (κ2) is 10.3. The monoisotopic (exact) mass is 444 g/mol. The molecule has 0 saturated carbocycles. The molecule has 31 heavy (non-hydrogen) atoms. The number of carbonyl (C=O) groups is 1. The van der Waals surface area contributed by atoms with Gasteiger partial charge < -0.3 is 10.1 Å². The summed E-state index contributed by atoms with van der Waals surface area (Å²) >= 11 is 0.